The van der Waals surface area contributed by atoms with Crippen molar-refractivity contribution in [2.75, 3.05) is 13.4 Å². The first kappa shape index (κ1) is 33.0. The lowest BCUT2D eigenvalue weighted by molar-refractivity contribution is -0.134. The van der Waals surface area contributed by atoms with Crippen LogP contribution in [0.2, 0.25) is 5.15 Å². The first-order valence-electron chi connectivity index (χ1n) is 12.0. The molecule has 10 nitrogen and oxygen atoms in total. The summed E-state index contributed by atoms with van der Waals surface area (Å²) >= 11 is 4.92. The van der Waals surface area contributed by atoms with Gasteiger partial charge in [-0.05, 0) is 12.8 Å². The highest BCUT2D eigenvalue weighted by atomic mass is 35.5. The Labute approximate surface area is 248 Å². The number of carbonyl (C=O) groups excluding carboxylic acids is 2. The summed E-state index contributed by atoms with van der Waals surface area (Å²) in [7, 11) is 1.24. The summed E-state index contributed by atoms with van der Waals surface area (Å²) in [6, 6.07) is 2.28. The van der Waals surface area contributed by atoms with Crippen molar-refractivity contribution in [3.8, 4) is 16.7 Å². The Balaban J connectivity index is 1.83. The van der Waals surface area contributed by atoms with E-state index in [9.17, 15) is 36.9 Å². The Morgan fingerprint density at radius 2 is 1.90 bits per heavy atom. The number of carbonyl (C=O) groups is 2. The van der Waals surface area contributed by atoms with Crippen LogP contribution in [0.5, 0.6) is 16.7 Å². The molecule has 0 saturated heterocycles. The number of halogens is 4. The Bertz CT molecular complexity index is 1570. The average Bonchev–Trinajstić information content (AvgIpc) is 3.28. The number of ether oxygens (including phenoxy) is 2. The third-order valence-electron chi connectivity index (χ3n) is 5.60. The summed E-state index contributed by atoms with van der Waals surface area (Å²) in [4.78, 5) is 41.0. The number of aromatic hydroxyl groups is 1. The van der Waals surface area contributed by atoms with Crippen LogP contribution >= 0.6 is 22.9 Å². The molecular formula is C26H23ClF3NO9S2. The number of hydrogen-bond donors (Lipinski definition) is 1. The lowest BCUT2D eigenvalue weighted by Gasteiger charge is -2.21. The minimum absolute atomic E-state index is 0.00581. The maximum atomic E-state index is 13.6. The van der Waals surface area contributed by atoms with E-state index in [-0.39, 0.29) is 27.4 Å². The molecular weight excluding hydrogens is 627 g/mol. The number of esters is 1. The van der Waals surface area contributed by atoms with E-state index in [0.717, 1.165) is 6.07 Å². The fourth-order valence-electron chi connectivity index (χ4n) is 3.59. The molecule has 0 spiro atoms. The first-order chi connectivity index (χ1) is 19.8. The molecule has 3 aromatic rings. The SMILES string of the molecule is COC(=O)/C=C/CCCc1cc(O)c(C(=O)C(C)C(OS(C)=O)c2sc(Oc3cc(F)c(F)c(F)c3)nc2Cl)c(=O)o1. The van der Waals surface area contributed by atoms with Gasteiger partial charge in [-0.2, -0.15) is 4.98 Å². The Kier molecular flexibility index (Phi) is 11.4. The summed E-state index contributed by atoms with van der Waals surface area (Å²) in [5, 5.41) is 9.97. The smallest absolute Gasteiger partial charge is 0.350 e. The highest BCUT2D eigenvalue weighted by Crippen LogP contribution is 2.42. The molecule has 42 heavy (non-hydrogen) atoms. The summed E-state index contributed by atoms with van der Waals surface area (Å²) in [6.45, 7) is 1.32. The van der Waals surface area contributed by atoms with E-state index in [1.165, 1.54) is 26.4 Å². The molecule has 2 aromatic heterocycles. The predicted octanol–water partition coefficient (Wildman–Crippen LogP) is 5.59. The van der Waals surface area contributed by atoms with Gasteiger partial charge in [-0.1, -0.05) is 35.9 Å². The maximum Gasteiger partial charge on any atom is 0.350 e. The average molecular weight is 650 g/mol. The van der Waals surface area contributed by atoms with E-state index < -0.39 is 75.0 Å². The van der Waals surface area contributed by atoms with Crippen LogP contribution in [0, 0.1) is 23.4 Å². The number of thiazole rings is 1. The van der Waals surface area contributed by atoms with Crippen molar-refractivity contribution < 1.29 is 50.1 Å². The number of aromatic nitrogens is 1. The van der Waals surface area contributed by atoms with E-state index in [1.54, 1.807) is 6.08 Å². The summed E-state index contributed by atoms with van der Waals surface area (Å²) in [5.74, 6) is -8.44. The molecule has 0 radical (unpaired) electrons. The lowest BCUT2D eigenvalue weighted by atomic mass is 9.94. The van der Waals surface area contributed by atoms with Gasteiger partial charge in [0.25, 0.3) is 5.19 Å². The van der Waals surface area contributed by atoms with Crippen LogP contribution in [0.15, 0.2) is 39.6 Å². The molecule has 2 heterocycles. The highest BCUT2D eigenvalue weighted by Gasteiger charge is 2.35. The third kappa shape index (κ3) is 8.27. The van der Waals surface area contributed by atoms with Gasteiger partial charge in [0.1, 0.15) is 34.1 Å². The molecule has 1 N–H and O–H groups in total. The number of unbranched alkanes of at least 4 members (excludes halogenated alkanes) is 1. The van der Waals surface area contributed by atoms with Crippen LogP contribution in [0.4, 0.5) is 13.2 Å². The zero-order valence-electron chi connectivity index (χ0n) is 22.2. The number of benzene rings is 1. The van der Waals surface area contributed by atoms with Crippen LogP contribution in [-0.2, 0) is 31.2 Å². The zero-order valence-corrected chi connectivity index (χ0v) is 24.5. The Morgan fingerprint density at radius 3 is 2.50 bits per heavy atom. The van der Waals surface area contributed by atoms with Gasteiger partial charge in [-0.3, -0.25) is 8.98 Å². The van der Waals surface area contributed by atoms with Gasteiger partial charge >= 0.3 is 11.6 Å². The Morgan fingerprint density at radius 1 is 1.24 bits per heavy atom. The van der Waals surface area contributed by atoms with Gasteiger partial charge < -0.3 is 19.0 Å². The van der Waals surface area contributed by atoms with Crippen LogP contribution in [0.3, 0.4) is 0 Å². The third-order valence-corrected chi connectivity index (χ3v) is 7.47. The Hall–Kier alpha value is -3.53. The zero-order chi connectivity index (χ0) is 31.1. The maximum absolute atomic E-state index is 13.6. The van der Waals surface area contributed by atoms with Crippen LogP contribution in [0.25, 0.3) is 0 Å². The normalized spacial score (nSPS) is 13.6. The van der Waals surface area contributed by atoms with E-state index in [0.29, 0.717) is 36.3 Å². The molecule has 0 amide bonds. The number of nitrogens with zero attached hydrogens (tertiary/aromatic N) is 1. The van der Waals surface area contributed by atoms with E-state index >= 15 is 0 Å². The van der Waals surface area contributed by atoms with E-state index in [4.69, 9.17) is 24.9 Å². The number of allylic oxidation sites excluding steroid dienone is 1. The summed E-state index contributed by atoms with van der Waals surface area (Å²) in [5.41, 5.74) is -1.80. The second kappa shape index (κ2) is 14.6. The van der Waals surface area contributed by atoms with Crippen molar-refractivity contribution in [2.24, 2.45) is 5.92 Å². The van der Waals surface area contributed by atoms with Crippen LogP contribution < -0.4 is 10.4 Å². The monoisotopic (exact) mass is 649 g/mol. The molecule has 3 rings (SSSR count). The molecule has 0 aliphatic carbocycles. The number of aryl methyl sites for hydroxylation is 1. The van der Waals surface area contributed by atoms with Gasteiger partial charge in [0.05, 0.1) is 17.9 Å². The van der Waals surface area contributed by atoms with E-state index in [1.807, 2.05) is 0 Å². The number of hydrogen-bond acceptors (Lipinski definition) is 11. The standard InChI is InChI=1S/C26H23ClF3NO9S2/c1-12(21(34)19-17(32)11-13(38-25(19)35)7-5-4-6-8-18(33)37-2)22(40-42(3)36)23-24(27)31-26(41-23)39-14-9-15(28)20(30)16(29)10-14/h6,8-12,22,32H,4-5,7H2,1-3H3/b8-6+. The second-order valence-corrected chi connectivity index (χ2v) is 10.9. The second-order valence-electron chi connectivity index (χ2n) is 8.59. The minimum Gasteiger partial charge on any atom is -0.507 e. The predicted molar refractivity (Wildman–Crippen MR) is 146 cm³/mol. The summed E-state index contributed by atoms with van der Waals surface area (Å²) < 4.78 is 72.8. The van der Waals surface area contributed by atoms with Gasteiger partial charge in [0.2, 0.25) is 0 Å². The molecule has 0 aliphatic rings. The summed E-state index contributed by atoms with van der Waals surface area (Å²) in [6.07, 6.45) is 3.69. The number of methoxy groups -OCH3 is 1. The molecule has 3 unspecified atom stereocenters. The highest BCUT2D eigenvalue weighted by molar-refractivity contribution is 7.79. The number of Topliss-reactive ketones (excluding diaryl/α,β-unsaturated/α-hetero) is 1. The van der Waals surface area contributed by atoms with E-state index in [2.05, 4.69) is 9.72 Å². The molecule has 226 valence electrons. The van der Waals surface area contributed by atoms with Crippen molar-refractivity contribution in [3.63, 3.8) is 0 Å². The van der Waals surface area contributed by atoms with Crippen molar-refractivity contribution in [3.05, 3.63) is 79.6 Å². The fraction of sp³-hybridized carbons (Fsp3) is 0.308. The largest absolute Gasteiger partial charge is 0.507 e. The van der Waals surface area contributed by atoms with Gasteiger partial charge in [-0.25, -0.2) is 27.0 Å². The van der Waals surface area contributed by atoms with Crippen molar-refractivity contribution >= 4 is 45.8 Å². The molecule has 0 bridgehead atoms. The number of ketones is 1. The molecule has 0 fully saturated rings. The van der Waals surface area contributed by atoms with Gasteiger partial charge in [-0.15, -0.1) is 0 Å². The minimum atomic E-state index is -1.97. The number of rotatable bonds is 13. The van der Waals surface area contributed by atoms with Crippen molar-refractivity contribution in [2.45, 2.75) is 32.3 Å². The van der Waals surface area contributed by atoms with Gasteiger partial charge in [0.15, 0.2) is 34.3 Å². The molecule has 0 saturated carbocycles. The first-order valence-corrected chi connectivity index (χ1v) is 14.6. The molecule has 0 aliphatic heterocycles. The molecule has 16 heteroatoms. The van der Waals surface area contributed by atoms with Crippen LogP contribution in [-0.4, -0.2) is 39.4 Å². The molecule has 1 aromatic carbocycles. The van der Waals surface area contributed by atoms with Crippen molar-refractivity contribution in [1.82, 2.24) is 4.98 Å². The quantitative estimate of drug-likeness (QED) is 0.0819. The van der Waals surface area contributed by atoms with Crippen molar-refractivity contribution in [1.29, 1.82) is 0 Å². The fourth-order valence-corrected chi connectivity index (χ4v) is 5.52. The topological polar surface area (TPSA) is 142 Å². The van der Waals surface area contributed by atoms with Gasteiger partial charge in [0, 0.05) is 37.0 Å². The van der Waals surface area contributed by atoms with Crippen LogP contribution in [0.1, 0.15) is 46.9 Å². The molecule has 3 atom stereocenters. The lowest BCUT2D eigenvalue weighted by Crippen LogP contribution is -2.26.